The minimum atomic E-state index is -0.115. The molecule has 3 heterocycles. The average molecular weight is 425 g/mol. The molecular formula is C24H23N7O. The van der Waals surface area contributed by atoms with Crippen LogP contribution in [0.4, 0.5) is 0 Å². The van der Waals surface area contributed by atoms with Crippen molar-refractivity contribution in [2.75, 3.05) is 13.1 Å². The lowest BCUT2D eigenvalue weighted by Gasteiger charge is -2.30. The molecule has 1 fully saturated rings. The summed E-state index contributed by atoms with van der Waals surface area (Å²) in [5.74, 6) is -0.115. The van der Waals surface area contributed by atoms with E-state index in [9.17, 15) is 4.79 Å². The van der Waals surface area contributed by atoms with Crippen molar-refractivity contribution in [3.05, 3.63) is 66.0 Å². The lowest BCUT2D eigenvalue weighted by molar-refractivity contribution is 0.0702. The highest BCUT2D eigenvalue weighted by molar-refractivity contribution is 5.94. The topological polar surface area (TPSA) is 106 Å². The number of carbonyl (C=O) groups excluding carboxylic acids is 1. The van der Waals surface area contributed by atoms with Gasteiger partial charge in [0.1, 0.15) is 0 Å². The highest BCUT2D eigenvalue weighted by Crippen LogP contribution is 2.27. The van der Waals surface area contributed by atoms with Gasteiger partial charge in [0.05, 0.1) is 34.7 Å². The highest BCUT2D eigenvalue weighted by atomic mass is 16.2. The number of fused-ring (bicyclic) bond motifs is 1. The molecule has 32 heavy (non-hydrogen) atoms. The summed E-state index contributed by atoms with van der Waals surface area (Å²) in [5.41, 5.74) is 10.5. The fourth-order valence-electron chi connectivity index (χ4n) is 4.22. The zero-order valence-corrected chi connectivity index (χ0v) is 17.8. The number of benzene rings is 2. The van der Waals surface area contributed by atoms with E-state index in [-0.39, 0.29) is 11.9 Å². The van der Waals surface area contributed by atoms with E-state index in [1.54, 1.807) is 21.7 Å². The first-order chi connectivity index (χ1) is 15.5. The molecule has 2 aromatic heterocycles. The Morgan fingerprint density at radius 1 is 1.19 bits per heavy atom. The molecule has 2 N–H and O–H groups in total. The van der Waals surface area contributed by atoms with Crippen LogP contribution in [0, 0.1) is 11.3 Å². The minimum absolute atomic E-state index is 0.0000281. The molecular weight excluding hydrogens is 402 g/mol. The van der Waals surface area contributed by atoms with Crippen molar-refractivity contribution in [2.24, 2.45) is 12.8 Å². The van der Waals surface area contributed by atoms with Crippen LogP contribution in [0.25, 0.3) is 27.8 Å². The van der Waals surface area contributed by atoms with Gasteiger partial charge >= 0.3 is 0 Å². The van der Waals surface area contributed by atoms with Gasteiger partial charge in [0, 0.05) is 37.1 Å². The van der Waals surface area contributed by atoms with Gasteiger partial charge in [-0.05, 0) is 49.2 Å². The van der Waals surface area contributed by atoms with Crippen molar-refractivity contribution < 1.29 is 4.79 Å². The summed E-state index contributed by atoms with van der Waals surface area (Å²) >= 11 is 0. The van der Waals surface area contributed by atoms with E-state index in [4.69, 9.17) is 16.1 Å². The summed E-state index contributed by atoms with van der Waals surface area (Å²) in [6.45, 7) is 1.23. The number of amides is 1. The Bertz CT molecular complexity index is 1340. The molecule has 1 amide bonds. The van der Waals surface area contributed by atoms with Gasteiger partial charge in [-0.3, -0.25) is 9.48 Å². The largest absolute Gasteiger partial charge is 0.336 e. The molecule has 8 nitrogen and oxygen atoms in total. The van der Waals surface area contributed by atoms with E-state index < -0.39 is 0 Å². The molecule has 2 aromatic carbocycles. The second kappa shape index (κ2) is 7.94. The molecule has 1 aliphatic rings. The molecule has 1 aliphatic heterocycles. The van der Waals surface area contributed by atoms with Gasteiger partial charge < -0.3 is 10.6 Å². The van der Waals surface area contributed by atoms with Crippen LogP contribution in [0.3, 0.4) is 0 Å². The normalized spacial score (nSPS) is 16.3. The van der Waals surface area contributed by atoms with Gasteiger partial charge in [-0.25, -0.2) is 4.68 Å². The summed E-state index contributed by atoms with van der Waals surface area (Å²) in [6, 6.07) is 17.2. The molecule has 4 aromatic rings. The smallest absolute Gasteiger partial charge is 0.274 e. The molecule has 8 heteroatoms. The van der Waals surface area contributed by atoms with Crippen LogP contribution >= 0.6 is 0 Å². The molecule has 0 saturated carbocycles. The molecule has 0 aliphatic carbocycles. The van der Waals surface area contributed by atoms with Crippen LogP contribution in [0.1, 0.15) is 28.9 Å². The maximum Gasteiger partial charge on any atom is 0.274 e. The van der Waals surface area contributed by atoms with Crippen LogP contribution in [-0.4, -0.2) is 49.5 Å². The third-order valence-corrected chi connectivity index (χ3v) is 5.96. The minimum Gasteiger partial charge on any atom is -0.336 e. The maximum absolute atomic E-state index is 13.2. The standard InChI is InChI=1S/C24H23N7O/c1-29-22-11-20(9-8-18(22)14-27-29)31-23(17-6-4-16(13-25)5-7-17)12-21(28-31)24(32)30-10-2-3-19(26)15-30/h4-9,11-12,14,19H,2-3,10,15,26H2,1H3/t19-/m1/s1. The SMILES string of the molecule is Cn1ncc2ccc(-n3nc(C(=O)N4CCC[C@@H](N)C4)cc3-c3ccc(C#N)cc3)cc21. The van der Waals surface area contributed by atoms with Crippen molar-refractivity contribution in [1.82, 2.24) is 24.5 Å². The fourth-order valence-corrected chi connectivity index (χ4v) is 4.22. The number of piperidine rings is 1. The first kappa shape index (κ1) is 20.0. The van der Waals surface area contributed by atoms with Gasteiger partial charge in [0.25, 0.3) is 5.91 Å². The van der Waals surface area contributed by atoms with Crippen molar-refractivity contribution in [1.29, 1.82) is 5.26 Å². The van der Waals surface area contributed by atoms with E-state index >= 15 is 0 Å². The molecule has 0 spiro atoms. The lowest BCUT2D eigenvalue weighted by atomic mass is 10.1. The quantitative estimate of drug-likeness (QED) is 0.543. The number of nitriles is 1. The summed E-state index contributed by atoms with van der Waals surface area (Å²) in [6.07, 6.45) is 3.64. The van der Waals surface area contributed by atoms with Gasteiger partial charge in [0.15, 0.2) is 5.69 Å². The number of nitrogens with two attached hydrogens (primary N) is 1. The van der Waals surface area contributed by atoms with Crippen molar-refractivity contribution in [2.45, 2.75) is 18.9 Å². The Morgan fingerprint density at radius 3 is 2.75 bits per heavy atom. The Hall–Kier alpha value is -3.96. The summed E-state index contributed by atoms with van der Waals surface area (Å²) in [5, 5.41) is 19.2. The maximum atomic E-state index is 13.2. The molecule has 1 saturated heterocycles. The predicted molar refractivity (Wildman–Crippen MR) is 121 cm³/mol. The van der Waals surface area contributed by atoms with Gasteiger partial charge in [-0.1, -0.05) is 12.1 Å². The molecule has 5 rings (SSSR count). The van der Waals surface area contributed by atoms with E-state index in [2.05, 4.69) is 11.2 Å². The van der Waals surface area contributed by atoms with Crippen LogP contribution in [-0.2, 0) is 7.05 Å². The van der Waals surface area contributed by atoms with Crippen LogP contribution < -0.4 is 5.73 Å². The van der Waals surface area contributed by atoms with Crippen molar-refractivity contribution in [3.8, 4) is 23.0 Å². The number of aryl methyl sites for hydroxylation is 1. The zero-order chi connectivity index (χ0) is 22.2. The molecule has 160 valence electrons. The number of rotatable bonds is 3. The number of likely N-dealkylation sites (tertiary alicyclic amines) is 1. The molecule has 0 radical (unpaired) electrons. The van der Waals surface area contributed by atoms with Crippen LogP contribution in [0.5, 0.6) is 0 Å². The zero-order valence-electron chi connectivity index (χ0n) is 17.8. The van der Waals surface area contributed by atoms with Gasteiger partial charge in [-0.15, -0.1) is 0 Å². The van der Waals surface area contributed by atoms with E-state index in [0.717, 1.165) is 40.7 Å². The summed E-state index contributed by atoms with van der Waals surface area (Å²) in [4.78, 5) is 15.0. The monoisotopic (exact) mass is 425 g/mol. The van der Waals surface area contributed by atoms with Crippen molar-refractivity contribution >= 4 is 16.8 Å². The average Bonchev–Trinajstić information content (AvgIpc) is 3.43. The first-order valence-electron chi connectivity index (χ1n) is 10.6. The lowest BCUT2D eigenvalue weighted by Crippen LogP contribution is -2.45. The molecule has 0 unspecified atom stereocenters. The third-order valence-electron chi connectivity index (χ3n) is 5.96. The van der Waals surface area contributed by atoms with Crippen LogP contribution in [0.2, 0.25) is 0 Å². The summed E-state index contributed by atoms with van der Waals surface area (Å²) < 4.78 is 3.59. The second-order valence-corrected chi connectivity index (χ2v) is 8.18. The molecule has 0 bridgehead atoms. The van der Waals surface area contributed by atoms with E-state index in [1.165, 1.54) is 0 Å². The number of aromatic nitrogens is 4. The fraction of sp³-hybridized carbons (Fsp3) is 0.250. The number of hydrogen-bond acceptors (Lipinski definition) is 5. The van der Waals surface area contributed by atoms with Crippen LogP contribution in [0.15, 0.2) is 54.7 Å². The van der Waals surface area contributed by atoms with Crippen molar-refractivity contribution in [3.63, 3.8) is 0 Å². The summed E-state index contributed by atoms with van der Waals surface area (Å²) in [7, 11) is 1.89. The Balaban J connectivity index is 1.62. The number of nitrogens with zero attached hydrogens (tertiary/aromatic N) is 6. The van der Waals surface area contributed by atoms with Gasteiger partial charge in [0.2, 0.25) is 0 Å². The second-order valence-electron chi connectivity index (χ2n) is 8.18. The Labute approximate surface area is 185 Å². The number of hydrogen-bond donors (Lipinski definition) is 1. The van der Waals surface area contributed by atoms with Gasteiger partial charge in [-0.2, -0.15) is 15.5 Å². The highest BCUT2D eigenvalue weighted by Gasteiger charge is 2.26. The predicted octanol–water partition coefficient (Wildman–Crippen LogP) is 2.86. The van der Waals surface area contributed by atoms with E-state index in [0.29, 0.717) is 24.3 Å². The third kappa shape index (κ3) is 3.53. The van der Waals surface area contributed by atoms with E-state index in [1.807, 2.05) is 54.3 Å². The molecule has 1 atom stereocenters. The Kier molecular flexibility index (Phi) is 4.96. The Morgan fingerprint density at radius 2 is 2.00 bits per heavy atom. The first-order valence-corrected chi connectivity index (χ1v) is 10.6. The number of carbonyl (C=O) groups is 1.